The van der Waals surface area contributed by atoms with Crippen molar-refractivity contribution in [1.29, 1.82) is 0 Å². The Labute approximate surface area is 155 Å². The Bertz CT molecular complexity index is 1070. The fourth-order valence-electron chi connectivity index (χ4n) is 3.67. The standard InChI is InChI=1S/C20H20N4OS/c1-23-10-4-5-14(12-23)25-20-9-8-19-21-11-17(24(19)22-20)16-13-26-18-7-3-2-6-15(16)18/h2-3,6-9,11,13-14H,4-5,10,12H2,1H3. The Kier molecular flexibility index (Phi) is 3.87. The summed E-state index contributed by atoms with van der Waals surface area (Å²) < 4.78 is 9.34. The zero-order chi connectivity index (χ0) is 17.5. The van der Waals surface area contributed by atoms with Gasteiger partial charge in [0.15, 0.2) is 5.65 Å². The number of likely N-dealkylation sites (tertiary alicyclic amines) is 1. The number of imidazole rings is 1. The molecule has 4 heterocycles. The van der Waals surface area contributed by atoms with E-state index in [4.69, 9.17) is 9.84 Å². The van der Waals surface area contributed by atoms with Crippen molar-refractivity contribution in [2.24, 2.45) is 0 Å². The van der Waals surface area contributed by atoms with Gasteiger partial charge in [-0.15, -0.1) is 16.4 Å². The number of thiophene rings is 1. The number of aromatic nitrogens is 3. The smallest absolute Gasteiger partial charge is 0.232 e. The molecule has 1 aliphatic rings. The number of nitrogens with zero attached hydrogens (tertiary/aromatic N) is 4. The molecule has 3 aromatic heterocycles. The SMILES string of the molecule is CN1CCCC(Oc2ccc3ncc(-c4csc5ccccc45)n3n2)C1. The van der Waals surface area contributed by atoms with Crippen LogP contribution in [0.15, 0.2) is 48.0 Å². The van der Waals surface area contributed by atoms with Gasteiger partial charge in [-0.3, -0.25) is 0 Å². The minimum Gasteiger partial charge on any atom is -0.472 e. The maximum atomic E-state index is 6.16. The predicted octanol–water partition coefficient (Wildman–Crippen LogP) is 4.08. The van der Waals surface area contributed by atoms with E-state index >= 15 is 0 Å². The molecule has 0 radical (unpaired) electrons. The number of fused-ring (bicyclic) bond motifs is 2. The van der Waals surface area contributed by atoms with E-state index in [1.54, 1.807) is 11.3 Å². The van der Waals surface area contributed by atoms with Crippen LogP contribution >= 0.6 is 11.3 Å². The van der Waals surface area contributed by atoms with Gasteiger partial charge in [-0.1, -0.05) is 18.2 Å². The Morgan fingerprint density at radius 1 is 1.19 bits per heavy atom. The highest BCUT2D eigenvalue weighted by molar-refractivity contribution is 7.17. The van der Waals surface area contributed by atoms with E-state index in [0.29, 0.717) is 5.88 Å². The van der Waals surface area contributed by atoms with Crippen molar-refractivity contribution in [2.45, 2.75) is 18.9 Å². The minimum absolute atomic E-state index is 0.202. The number of ether oxygens (including phenoxy) is 1. The number of hydrogen-bond donors (Lipinski definition) is 0. The van der Waals surface area contributed by atoms with Gasteiger partial charge < -0.3 is 9.64 Å². The summed E-state index contributed by atoms with van der Waals surface area (Å²) in [7, 11) is 2.14. The van der Waals surface area contributed by atoms with E-state index in [1.807, 2.05) is 22.8 Å². The molecule has 1 atom stereocenters. The van der Waals surface area contributed by atoms with Crippen LogP contribution < -0.4 is 4.74 Å². The third-order valence-corrected chi connectivity index (χ3v) is 5.93. The lowest BCUT2D eigenvalue weighted by Gasteiger charge is -2.29. The molecule has 0 bridgehead atoms. The van der Waals surface area contributed by atoms with Crippen molar-refractivity contribution in [3.8, 4) is 17.1 Å². The molecule has 0 spiro atoms. The molecule has 6 heteroatoms. The summed E-state index contributed by atoms with van der Waals surface area (Å²) >= 11 is 1.75. The Morgan fingerprint density at radius 2 is 2.12 bits per heavy atom. The van der Waals surface area contributed by atoms with Crippen molar-refractivity contribution >= 4 is 27.1 Å². The lowest BCUT2D eigenvalue weighted by atomic mass is 10.1. The number of piperidine rings is 1. The van der Waals surface area contributed by atoms with Gasteiger partial charge in [0, 0.05) is 33.6 Å². The monoisotopic (exact) mass is 364 g/mol. The van der Waals surface area contributed by atoms with E-state index in [2.05, 4.69) is 46.6 Å². The quantitative estimate of drug-likeness (QED) is 0.549. The minimum atomic E-state index is 0.202. The zero-order valence-electron chi connectivity index (χ0n) is 14.6. The molecule has 1 fully saturated rings. The third kappa shape index (κ3) is 2.75. The normalized spacial score (nSPS) is 18.6. The molecule has 5 nitrogen and oxygen atoms in total. The van der Waals surface area contributed by atoms with Crippen LogP contribution in [-0.2, 0) is 0 Å². The molecule has 0 amide bonds. The molecular formula is C20H20N4OS. The zero-order valence-corrected chi connectivity index (χ0v) is 15.4. The summed E-state index contributed by atoms with van der Waals surface area (Å²) in [4.78, 5) is 6.84. The molecule has 4 aromatic rings. The first kappa shape index (κ1) is 15.8. The molecule has 132 valence electrons. The molecule has 0 saturated carbocycles. The summed E-state index contributed by atoms with van der Waals surface area (Å²) in [6.45, 7) is 2.09. The van der Waals surface area contributed by atoms with Crippen LogP contribution in [0.25, 0.3) is 27.0 Å². The van der Waals surface area contributed by atoms with Crippen molar-refractivity contribution < 1.29 is 4.74 Å². The fraction of sp³-hybridized carbons (Fsp3) is 0.300. The molecule has 26 heavy (non-hydrogen) atoms. The third-order valence-electron chi connectivity index (χ3n) is 4.96. The summed E-state index contributed by atoms with van der Waals surface area (Å²) in [6.07, 6.45) is 4.35. The Morgan fingerprint density at radius 3 is 3.04 bits per heavy atom. The molecule has 5 rings (SSSR count). The number of benzene rings is 1. The summed E-state index contributed by atoms with van der Waals surface area (Å²) in [5.74, 6) is 0.664. The lowest BCUT2D eigenvalue weighted by molar-refractivity contribution is 0.0988. The molecule has 0 aliphatic carbocycles. The van der Waals surface area contributed by atoms with Crippen LogP contribution in [0.2, 0.25) is 0 Å². The highest BCUT2D eigenvalue weighted by Gasteiger charge is 2.20. The first-order valence-electron chi connectivity index (χ1n) is 8.94. The second-order valence-corrected chi connectivity index (χ2v) is 7.79. The van der Waals surface area contributed by atoms with Gasteiger partial charge in [0.1, 0.15) is 6.10 Å². The van der Waals surface area contributed by atoms with E-state index in [1.165, 1.54) is 22.1 Å². The number of likely N-dealkylation sites (N-methyl/N-ethyl adjacent to an activating group) is 1. The van der Waals surface area contributed by atoms with Gasteiger partial charge in [-0.25, -0.2) is 9.50 Å². The van der Waals surface area contributed by atoms with Gasteiger partial charge in [0.2, 0.25) is 5.88 Å². The summed E-state index contributed by atoms with van der Waals surface area (Å²) in [5, 5.41) is 8.15. The molecule has 1 saturated heterocycles. The molecule has 1 aliphatic heterocycles. The van der Waals surface area contributed by atoms with Gasteiger partial charge in [-0.2, -0.15) is 0 Å². The van der Waals surface area contributed by atoms with Crippen LogP contribution in [0.4, 0.5) is 0 Å². The summed E-state index contributed by atoms with van der Waals surface area (Å²) in [6, 6.07) is 12.3. The van der Waals surface area contributed by atoms with Gasteiger partial charge in [0.05, 0.1) is 11.9 Å². The van der Waals surface area contributed by atoms with Gasteiger partial charge in [-0.05, 0) is 38.6 Å². The molecule has 1 aromatic carbocycles. The topological polar surface area (TPSA) is 42.7 Å². The average Bonchev–Trinajstić information content (AvgIpc) is 3.25. The molecule has 1 unspecified atom stereocenters. The Hall–Kier alpha value is -2.44. The second-order valence-electron chi connectivity index (χ2n) is 6.87. The van der Waals surface area contributed by atoms with Crippen LogP contribution in [0, 0.1) is 0 Å². The van der Waals surface area contributed by atoms with E-state index in [9.17, 15) is 0 Å². The van der Waals surface area contributed by atoms with Crippen molar-refractivity contribution in [3.63, 3.8) is 0 Å². The predicted molar refractivity (Wildman–Crippen MR) is 105 cm³/mol. The maximum Gasteiger partial charge on any atom is 0.232 e. The first-order valence-corrected chi connectivity index (χ1v) is 9.82. The number of hydrogen-bond acceptors (Lipinski definition) is 5. The largest absolute Gasteiger partial charge is 0.472 e. The van der Waals surface area contributed by atoms with Crippen molar-refractivity contribution in [2.75, 3.05) is 20.1 Å². The van der Waals surface area contributed by atoms with Crippen molar-refractivity contribution in [3.05, 3.63) is 48.0 Å². The first-order chi connectivity index (χ1) is 12.8. The van der Waals surface area contributed by atoms with Crippen LogP contribution in [0.5, 0.6) is 5.88 Å². The van der Waals surface area contributed by atoms with Gasteiger partial charge >= 0.3 is 0 Å². The van der Waals surface area contributed by atoms with E-state index in [-0.39, 0.29) is 6.10 Å². The lowest BCUT2D eigenvalue weighted by Crippen LogP contribution is -2.38. The van der Waals surface area contributed by atoms with Crippen LogP contribution in [-0.4, -0.2) is 45.7 Å². The fourth-order valence-corrected chi connectivity index (χ4v) is 4.62. The Balaban J connectivity index is 1.53. The van der Waals surface area contributed by atoms with Crippen LogP contribution in [0.1, 0.15) is 12.8 Å². The summed E-state index contributed by atoms with van der Waals surface area (Å²) in [5.41, 5.74) is 3.01. The van der Waals surface area contributed by atoms with E-state index in [0.717, 1.165) is 30.9 Å². The molecule has 0 N–H and O–H groups in total. The highest BCUT2D eigenvalue weighted by Crippen LogP contribution is 2.34. The second kappa shape index (κ2) is 6.37. The van der Waals surface area contributed by atoms with Crippen molar-refractivity contribution in [1.82, 2.24) is 19.5 Å². The van der Waals surface area contributed by atoms with Crippen LogP contribution in [0.3, 0.4) is 0 Å². The average molecular weight is 364 g/mol. The highest BCUT2D eigenvalue weighted by atomic mass is 32.1. The molecular weight excluding hydrogens is 344 g/mol. The maximum absolute atomic E-state index is 6.16. The number of rotatable bonds is 3. The van der Waals surface area contributed by atoms with Gasteiger partial charge in [0.25, 0.3) is 0 Å². The van der Waals surface area contributed by atoms with E-state index < -0.39 is 0 Å².